The van der Waals surface area contributed by atoms with E-state index in [0.29, 0.717) is 5.69 Å². The fourth-order valence-electron chi connectivity index (χ4n) is 4.34. The van der Waals surface area contributed by atoms with E-state index in [1.54, 1.807) is 18.2 Å². The first-order valence-electron chi connectivity index (χ1n) is 15.3. The van der Waals surface area contributed by atoms with E-state index in [4.69, 9.17) is 0 Å². The van der Waals surface area contributed by atoms with Gasteiger partial charge < -0.3 is 15.7 Å². The van der Waals surface area contributed by atoms with Crippen LogP contribution in [0.4, 0.5) is 22.7 Å². The van der Waals surface area contributed by atoms with Gasteiger partial charge in [-0.15, -0.1) is 0 Å². The Hall–Kier alpha value is -6.10. The fraction of sp³-hybridized carbons (Fsp3) is 0.211. The zero-order valence-electron chi connectivity index (χ0n) is 28.3. The number of phenolic OH excluding ortho intramolecular Hbond substituents is 1. The average molecular weight is 665 g/mol. The van der Waals surface area contributed by atoms with E-state index in [2.05, 4.69) is 52.2 Å². The van der Waals surface area contributed by atoms with E-state index in [0.717, 1.165) is 17.2 Å². The van der Waals surface area contributed by atoms with E-state index >= 15 is 0 Å². The van der Waals surface area contributed by atoms with Crippen molar-refractivity contribution in [3.8, 4) is 5.75 Å². The number of benzene rings is 4. The van der Waals surface area contributed by atoms with Gasteiger partial charge in [0.25, 0.3) is 5.69 Å². The molecule has 4 aromatic rings. The minimum atomic E-state index is -0.711. The molecule has 0 saturated heterocycles. The molecular weight excluding hydrogens is 624 g/mol. The number of nitro benzene ring substituents is 2. The molecule has 254 valence electrons. The molecule has 3 N–H and O–H groups in total. The summed E-state index contributed by atoms with van der Waals surface area (Å²) in [5.74, 6) is -1.20. The summed E-state index contributed by atoms with van der Waals surface area (Å²) in [6.45, 7) is 12.8. The van der Waals surface area contributed by atoms with Crippen molar-refractivity contribution in [1.29, 1.82) is 0 Å². The summed E-state index contributed by atoms with van der Waals surface area (Å²) in [6, 6.07) is 25.4. The molecule has 11 nitrogen and oxygen atoms in total. The number of rotatable bonds is 8. The smallest absolute Gasteiger partial charge is 0.312 e. The molecule has 0 aliphatic heterocycles. The van der Waals surface area contributed by atoms with Crippen LogP contribution in [0.1, 0.15) is 63.8 Å². The van der Waals surface area contributed by atoms with Gasteiger partial charge in [0.05, 0.1) is 9.85 Å². The number of amides is 2. The predicted octanol–water partition coefficient (Wildman–Crippen LogP) is 8.79. The zero-order valence-corrected chi connectivity index (χ0v) is 28.3. The molecule has 2 amide bonds. The first-order valence-corrected chi connectivity index (χ1v) is 15.3. The van der Waals surface area contributed by atoms with Crippen LogP contribution in [0.25, 0.3) is 12.2 Å². The molecule has 0 saturated carbocycles. The molecule has 0 heterocycles. The number of nitro groups is 2. The van der Waals surface area contributed by atoms with Gasteiger partial charge in [0.2, 0.25) is 11.8 Å². The van der Waals surface area contributed by atoms with Crippen molar-refractivity contribution in [3.63, 3.8) is 0 Å². The maximum Gasteiger partial charge on any atom is 0.312 e. The lowest BCUT2D eigenvalue weighted by molar-refractivity contribution is -0.385. The molecule has 4 aromatic carbocycles. The highest BCUT2D eigenvalue weighted by Crippen LogP contribution is 2.29. The highest BCUT2D eigenvalue weighted by atomic mass is 16.6. The maximum atomic E-state index is 11.9. The van der Waals surface area contributed by atoms with Crippen LogP contribution < -0.4 is 10.6 Å². The van der Waals surface area contributed by atoms with Crippen LogP contribution in [0, 0.1) is 20.2 Å². The van der Waals surface area contributed by atoms with Gasteiger partial charge in [-0.2, -0.15) is 0 Å². The second-order valence-electron chi connectivity index (χ2n) is 13.2. The Labute approximate surface area is 285 Å². The number of hydrogen-bond donors (Lipinski definition) is 3. The van der Waals surface area contributed by atoms with Gasteiger partial charge in [-0.1, -0.05) is 96.1 Å². The lowest BCUT2D eigenvalue weighted by Gasteiger charge is -2.18. The highest BCUT2D eigenvalue weighted by Gasteiger charge is 2.15. The molecule has 0 radical (unpaired) electrons. The van der Waals surface area contributed by atoms with Gasteiger partial charge in [0.1, 0.15) is 0 Å². The topological polar surface area (TPSA) is 165 Å². The molecule has 49 heavy (non-hydrogen) atoms. The predicted molar refractivity (Wildman–Crippen MR) is 193 cm³/mol. The van der Waals surface area contributed by atoms with Crippen molar-refractivity contribution >= 4 is 46.7 Å². The molecule has 0 atom stereocenters. The van der Waals surface area contributed by atoms with Crippen LogP contribution in [-0.4, -0.2) is 26.8 Å². The van der Waals surface area contributed by atoms with Crippen molar-refractivity contribution in [2.45, 2.75) is 52.4 Å². The highest BCUT2D eigenvalue weighted by molar-refractivity contribution is 6.02. The van der Waals surface area contributed by atoms with Gasteiger partial charge in [-0.05, 0) is 63.4 Å². The van der Waals surface area contributed by atoms with E-state index in [-0.39, 0.29) is 28.1 Å². The Morgan fingerprint density at radius 2 is 1.08 bits per heavy atom. The van der Waals surface area contributed by atoms with Crippen LogP contribution in [-0.2, 0) is 20.4 Å². The third-order valence-corrected chi connectivity index (χ3v) is 7.17. The summed E-state index contributed by atoms with van der Waals surface area (Å²) in [7, 11) is 0. The summed E-state index contributed by atoms with van der Waals surface area (Å²) in [4.78, 5) is 44.2. The molecule has 4 rings (SSSR count). The number of phenols is 1. The third-order valence-electron chi connectivity index (χ3n) is 7.17. The van der Waals surface area contributed by atoms with Crippen molar-refractivity contribution in [2.24, 2.45) is 0 Å². The molecule has 0 aromatic heterocycles. The van der Waals surface area contributed by atoms with Gasteiger partial charge in [0.15, 0.2) is 5.75 Å². The van der Waals surface area contributed by atoms with Gasteiger partial charge >= 0.3 is 5.69 Å². The summed E-state index contributed by atoms with van der Waals surface area (Å²) in [6.07, 6.45) is 6.13. The number of carbonyl (C=O) groups excluding carboxylic acids is 2. The minimum Gasteiger partial charge on any atom is -0.502 e. The van der Waals surface area contributed by atoms with Crippen LogP contribution in [0.3, 0.4) is 0 Å². The molecular formula is C38H40N4O7. The van der Waals surface area contributed by atoms with Crippen LogP contribution in [0.5, 0.6) is 5.75 Å². The molecule has 11 heteroatoms. The fourth-order valence-corrected chi connectivity index (χ4v) is 4.34. The van der Waals surface area contributed by atoms with E-state index in [1.807, 2.05) is 48.5 Å². The number of anilines is 2. The maximum absolute atomic E-state index is 11.9. The second-order valence-corrected chi connectivity index (χ2v) is 13.2. The van der Waals surface area contributed by atoms with E-state index < -0.39 is 27.2 Å². The summed E-state index contributed by atoms with van der Waals surface area (Å²) in [5, 5.41) is 36.1. The molecule has 0 aliphatic rings. The summed E-state index contributed by atoms with van der Waals surface area (Å²) in [5.41, 5.74) is 4.47. The molecule has 0 unspecified atom stereocenters. The van der Waals surface area contributed by atoms with Crippen molar-refractivity contribution in [1.82, 2.24) is 0 Å². The van der Waals surface area contributed by atoms with E-state index in [1.165, 1.54) is 53.6 Å². The number of nitrogens with zero attached hydrogens (tertiary/aromatic N) is 2. The van der Waals surface area contributed by atoms with Crippen LogP contribution in [0.2, 0.25) is 0 Å². The Kier molecular flexibility index (Phi) is 12.3. The van der Waals surface area contributed by atoms with Crippen LogP contribution in [0.15, 0.2) is 103 Å². The number of carbonyl (C=O) groups is 2. The minimum absolute atomic E-state index is 0.0606. The largest absolute Gasteiger partial charge is 0.502 e. The van der Waals surface area contributed by atoms with Crippen molar-refractivity contribution in [3.05, 3.63) is 146 Å². The SMILES string of the molecule is CC(C)(C)c1ccc(/C=C/C(=O)Nc2ccc(O)c([N+](=O)[O-])c2)cc1.CC(C)(C)c1ccc(/C=C/C(=O)Nc2cccc([N+](=O)[O-])c2)cc1. The number of nitrogens with one attached hydrogen (secondary N) is 2. The van der Waals surface area contributed by atoms with Crippen molar-refractivity contribution < 1.29 is 24.5 Å². The lowest BCUT2D eigenvalue weighted by atomic mass is 9.87. The van der Waals surface area contributed by atoms with Gasteiger partial charge in [0, 0.05) is 41.7 Å². The molecule has 0 fully saturated rings. The second kappa shape index (κ2) is 16.1. The monoisotopic (exact) mass is 664 g/mol. The Bertz CT molecular complexity index is 1870. The third kappa shape index (κ3) is 11.9. The lowest BCUT2D eigenvalue weighted by Crippen LogP contribution is -2.10. The standard InChI is InChI=1S/C19H20N2O4.C19H20N2O3/c1-19(2,3)14-7-4-13(5-8-14)6-11-18(23)20-15-9-10-17(22)16(12-15)21(24)25;1-19(2,3)15-10-7-14(8-11-15)9-12-18(22)20-16-5-4-6-17(13-16)21(23)24/h4-12,22H,1-3H3,(H,20,23);4-13H,1-3H3,(H,20,22)/b11-6+;12-9+. The Balaban J connectivity index is 0.000000266. The number of non-ortho nitro benzene ring substituents is 1. The zero-order chi connectivity index (χ0) is 36.4. The normalized spacial score (nSPS) is 11.5. The molecule has 0 aliphatic carbocycles. The van der Waals surface area contributed by atoms with Gasteiger partial charge in [-0.25, -0.2) is 0 Å². The summed E-state index contributed by atoms with van der Waals surface area (Å²) < 4.78 is 0. The van der Waals surface area contributed by atoms with Gasteiger partial charge in [-0.3, -0.25) is 29.8 Å². The average Bonchev–Trinajstić information content (AvgIpc) is 3.03. The quantitative estimate of drug-likeness (QED) is 0.0733. The Morgan fingerprint density at radius 3 is 1.49 bits per heavy atom. The first-order chi connectivity index (χ1) is 22.9. The number of hydrogen-bond acceptors (Lipinski definition) is 7. The first kappa shape index (κ1) is 37.4. The Morgan fingerprint density at radius 1 is 0.633 bits per heavy atom. The summed E-state index contributed by atoms with van der Waals surface area (Å²) >= 11 is 0. The molecule has 0 spiro atoms. The van der Waals surface area contributed by atoms with E-state index in [9.17, 15) is 34.9 Å². The molecule has 0 bridgehead atoms. The number of aromatic hydroxyl groups is 1. The van der Waals surface area contributed by atoms with Crippen LogP contribution >= 0.6 is 0 Å². The van der Waals surface area contributed by atoms with Crippen molar-refractivity contribution in [2.75, 3.05) is 10.6 Å².